The number of hydrogen-bond acceptors (Lipinski definition) is 3. The van der Waals surface area contributed by atoms with Crippen LogP contribution in [0.4, 0.5) is 33.4 Å². The summed E-state index contributed by atoms with van der Waals surface area (Å²) in [4.78, 5) is 5.24. The molecule has 0 spiro atoms. The van der Waals surface area contributed by atoms with E-state index in [1.165, 1.54) is 106 Å². The highest BCUT2D eigenvalue weighted by molar-refractivity contribution is 7.26. The molecule has 3 heterocycles. The molecule has 9 rings (SSSR count). The molecule has 0 unspecified atom stereocenters. The predicted octanol–water partition coefficient (Wildman–Crippen LogP) is 13.5. The fourth-order valence-electron chi connectivity index (χ4n) is 9.93. The number of hydrogen-bond donors (Lipinski definition) is 0. The van der Waals surface area contributed by atoms with Crippen molar-refractivity contribution in [2.75, 3.05) is 9.80 Å². The lowest BCUT2D eigenvalue weighted by Gasteiger charge is -2.47. The SMILES string of the molecule is Cc1cc2c3c(c1)N(c1ccc(C(C)(C)C)cc1)c1sc4ccc(C(C)(C)C)cc4c1B3c1cc3c(cc1N2c1ccc(C(C)(C)C)cc1)C(C)(C)CCC3(C)C. The molecule has 3 aliphatic rings. The second kappa shape index (κ2) is 12.4. The van der Waals surface area contributed by atoms with Crippen LogP contribution in [0.25, 0.3) is 10.1 Å². The van der Waals surface area contributed by atoms with E-state index in [9.17, 15) is 0 Å². The zero-order chi connectivity index (χ0) is 40.8. The van der Waals surface area contributed by atoms with Crippen molar-refractivity contribution in [3.8, 4) is 0 Å². The van der Waals surface area contributed by atoms with Crippen LogP contribution in [-0.2, 0) is 27.1 Å². The molecule has 0 radical (unpaired) electrons. The molecule has 2 aliphatic heterocycles. The Morgan fingerprint density at radius 1 is 0.526 bits per heavy atom. The summed E-state index contributed by atoms with van der Waals surface area (Å²) >= 11 is 1.97. The summed E-state index contributed by atoms with van der Waals surface area (Å²) in [7, 11) is 0. The highest BCUT2D eigenvalue weighted by atomic mass is 32.1. The molecule has 5 aromatic carbocycles. The second-order valence-corrected chi connectivity index (χ2v) is 23.0. The van der Waals surface area contributed by atoms with Gasteiger partial charge in [0.05, 0.1) is 5.00 Å². The lowest BCUT2D eigenvalue weighted by atomic mass is 9.33. The molecule has 57 heavy (non-hydrogen) atoms. The van der Waals surface area contributed by atoms with E-state index in [2.05, 4.69) is 198 Å². The van der Waals surface area contributed by atoms with Crippen molar-refractivity contribution in [1.82, 2.24) is 0 Å². The van der Waals surface area contributed by atoms with Crippen molar-refractivity contribution in [1.29, 1.82) is 0 Å². The summed E-state index contributed by atoms with van der Waals surface area (Å²) in [5.74, 6) is 0. The fourth-order valence-corrected chi connectivity index (χ4v) is 11.2. The maximum atomic E-state index is 2.67. The molecule has 1 aliphatic carbocycles. The number of thiophene rings is 1. The standard InChI is InChI=1S/C53H61BN2S/c1-32-27-43-47-44(28-32)56(37-22-17-34(18-23-37)50(5,6)7)48-46(38-29-35(51(8,9)10)19-24-45(38)57-48)54(47)41-30-39-40(53(13,14)26-25-52(39,11)12)31-42(41)55(43)36-20-15-33(16-21-36)49(2,3)4/h15-24,27-31H,25-26H2,1-14H3. The van der Waals surface area contributed by atoms with Crippen LogP contribution in [-0.4, -0.2) is 6.71 Å². The van der Waals surface area contributed by atoms with Crippen LogP contribution in [0.5, 0.6) is 0 Å². The normalized spacial score (nSPS) is 17.0. The van der Waals surface area contributed by atoms with Gasteiger partial charge in [-0.05, 0) is 151 Å². The smallest absolute Gasteiger partial charge is 0.254 e. The fraction of sp³-hybridized carbons (Fsp3) is 0.396. The molecule has 0 N–H and O–H groups in total. The Bertz CT molecular complexity index is 2580. The first-order valence-electron chi connectivity index (χ1n) is 21.3. The van der Waals surface area contributed by atoms with E-state index in [0.717, 1.165) is 0 Å². The number of fused-ring (bicyclic) bond motifs is 7. The van der Waals surface area contributed by atoms with Gasteiger partial charge in [-0.2, -0.15) is 0 Å². The van der Waals surface area contributed by atoms with Gasteiger partial charge in [0.1, 0.15) is 0 Å². The summed E-state index contributed by atoms with van der Waals surface area (Å²) in [5.41, 5.74) is 19.4. The molecule has 4 heteroatoms. The molecule has 2 nitrogen and oxygen atoms in total. The maximum absolute atomic E-state index is 2.67. The monoisotopic (exact) mass is 768 g/mol. The Labute approximate surface area is 347 Å². The van der Waals surface area contributed by atoms with Crippen molar-refractivity contribution in [2.45, 2.75) is 137 Å². The predicted molar refractivity (Wildman–Crippen MR) is 252 cm³/mol. The third-order valence-corrected chi connectivity index (χ3v) is 14.8. The van der Waals surface area contributed by atoms with Gasteiger partial charge in [0.2, 0.25) is 0 Å². The van der Waals surface area contributed by atoms with E-state index in [1.807, 2.05) is 11.3 Å². The minimum atomic E-state index is 0.0372. The van der Waals surface area contributed by atoms with Crippen LogP contribution in [0.3, 0.4) is 0 Å². The molecule has 292 valence electrons. The van der Waals surface area contributed by atoms with Crippen molar-refractivity contribution in [3.63, 3.8) is 0 Å². The van der Waals surface area contributed by atoms with E-state index in [1.54, 1.807) is 0 Å². The second-order valence-electron chi connectivity index (χ2n) is 21.9. The third kappa shape index (κ3) is 6.02. The van der Waals surface area contributed by atoms with Gasteiger partial charge < -0.3 is 9.80 Å². The van der Waals surface area contributed by atoms with Crippen molar-refractivity contribution < 1.29 is 0 Å². The van der Waals surface area contributed by atoms with E-state index in [0.29, 0.717) is 0 Å². The first kappa shape index (κ1) is 38.3. The Hall–Kier alpha value is -4.28. The van der Waals surface area contributed by atoms with Gasteiger partial charge in [-0.3, -0.25) is 0 Å². The minimum absolute atomic E-state index is 0.0372. The van der Waals surface area contributed by atoms with Gasteiger partial charge >= 0.3 is 0 Å². The molecule has 0 saturated heterocycles. The molecular weight excluding hydrogens is 707 g/mol. The van der Waals surface area contributed by atoms with E-state index in [-0.39, 0.29) is 33.8 Å². The summed E-state index contributed by atoms with van der Waals surface area (Å²) < 4.78 is 1.36. The first-order valence-corrected chi connectivity index (χ1v) is 22.1. The van der Waals surface area contributed by atoms with Crippen molar-refractivity contribution >= 4 is 78.0 Å². The van der Waals surface area contributed by atoms with E-state index in [4.69, 9.17) is 0 Å². The van der Waals surface area contributed by atoms with Gasteiger partial charge in [0.15, 0.2) is 0 Å². The highest BCUT2D eigenvalue weighted by Gasteiger charge is 2.48. The third-order valence-electron chi connectivity index (χ3n) is 13.7. The molecular formula is C53H61BN2S. The summed E-state index contributed by atoms with van der Waals surface area (Å²) in [6, 6.07) is 36.4. The zero-order valence-electron chi connectivity index (χ0n) is 37.0. The maximum Gasteiger partial charge on any atom is 0.254 e. The molecule has 0 saturated carbocycles. The van der Waals surface area contributed by atoms with Crippen molar-refractivity contribution in [2.24, 2.45) is 0 Å². The van der Waals surface area contributed by atoms with Gasteiger partial charge in [-0.25, -0.2) is 0 Å². The number of aryl methyl sites for hydroxylation is 1. The summed E-state index contributed by atoms with van der Waals surface area (Å²) in [6.45, 7) is 33.2. The Morgan fingerprint density at radius 2 is 1.00 bits per heavy atom. The summed E-state index contributed by atoms with van der Waals surface area (Å²) in [6.07, 6.45) is 2.38. The number of rotatable bonds is 2. The van der Waals surface area contributed by atoms with Crippen LogP contribution in [0.2, 0.25) is 0 Å². The lowest BCUT2D eigenvalue weighted by Crippen LogP contribution is -2.61. The number of benzene rings is 5. The number of anilines is 6. The zero-order valence-corrected chi connectivity index (χ0v) is 37.8. The van der Waals surface area contributed by atoms with Crippen LogP contribution >= 0.6 is 11.3 Å². The van der Waals surface area contributed by atoms with E-state index < -0.39 is 0 Å². The van der Waals surface area contributed by atoms with Crippen LogP contribution in [0.15, 0.2) is 91.0 Å². The van der Waals surface area contributed by atoms with Gasteiger partial charge in [-0.1, -0.05) is 132 Å². The van der Waals surface area contributed by atoms with Gasteiger partial charge in [0.25, 0.3) is 6.71 Å². The minimum Gasteiger partial charge on any atom is -0.311 e. The topological polar surface area (TPSA) is 6.48 Å². The lowest BCUT2D eigenvalue weighted by molar-refractivity contribution is 0.332. The Balaban J connectivity index is 1.41. The average molecular weight is 769 g/mol. The highest BCUT2D eigenvalue weighted by Crippen LogP contribution is 2.52. The molecule has 0 atom stereocenters. The largest absolute Gasteiger partial charge is 0.311 e. The molecule has 6 aromatic rings. The van der Waals surface area contributed by atoms with Gasteiger partial charge in [-0.15, -0.1) is 11.3 Å². The Kier molecular flexibility index (Phi) is 8.30. The molecule has 1 aromatic heterocycles. The molecule has 0 bridgehead atoms. The Morgan fingerprint density at radius 3 is 1.53 bits per heavy atom. The summed E-state index contributed by atoms with van der Waals surface area (Å²) in [5, 5.41) is 2.74. The van der Waals surface area contributed by atoms with Gasteiger partial charge in [0, 0.05) is 33.1 Å². The van der Waals surface area contributed by atoms with Crippen LogP contribution in [0.1, 0.15) is 136 Å². The molecule has 0 amide bonds. The first-order chi connectivity index (χ1) is 26.5. The van der Waals surface area contributed by atoms with E-state index >= 15 is 0 Å². The van der Waals surface area contributed by atoms with Crippen LogP contribution < -0.4 is 26.2 Å². The number of nitrogens with zero attached hydrogens (tertiary/aromatic N) is 2. The molecule has 0 fully saturated rings. The van der Waals surface area contributed by atoms with Crippen molar-refractivity contribution in [3.05, 3.63) is 124 Å². The van der Waals surface area contributed by atoms with Crippen LogP contribution in [0, 0.1) is 6.92 Å². The quantitative estimate of drug-likeness (QED) is 0.162. The average Bonchev–Trinajstić information content (AvgIpc) is 3.50.